The number of aryl methyl sites for hydroxylation is 1. The van der Waals surface area contributed by atoms with E-state index in [4.69, 9.17) is 9.72 Å². The van der Waals surface area contributed by atoms with Gasteiger partial charge in [-0.2, -0.15) is 0 Å². The zero-order valence-corrected chi connectivity index (χ0v) is 21.5. The van der Waals surface area contributed by atoms with Crippen LogP contribution in [-0.2, 0) is 22.4 Å². The van der Waals surface area contributed by atoms with Crippen molar-refractivity contribution in [3.8, 4) is 0 Å². The number of anilines is 1. The van der Waals surface area contributed by atoms with E-state index in [1.54, 1.807) is 4.90 Å². The van der Waals surface area contributed by atoms with Crippen molar-refractivity contribution in [2.24, 2.45) is 11.3 Å². The number of benzene rings is 2. The number of ether oxygens (including phenoxy) is 1. The van der Waals surface area contributed by atoms with Crippen molar-refractivity contribution in [1.29, 1.82) is 0 Å². The van der Waals surface area contributed by atoms with Crippen molar-refractivity contribution < 1.29 is 19.4 Å². The molecule has 1 fully saturated rings. The van der Waals surface area contributed by atoms with Gasteiger partial charge in [-0.1, -0.05) is 44.2 Å². The van der Waals surface area contributed by atoms with Gasteiger partial charge >= 0.3 is 12.1 Å². The second-order valence-electron chi connectivity index (χ2n) is 11.0. The van der Waals surface area contributed by atoms with Crippen molar-refractivity contribution in [3.63, 3.8) is 0 Å². The first kappa shape index (κ1) is 24.3. The Bertz CT molecular complexity index is 1300. The second-order valence-corrected chi connectivity index (χ2v) is 11.0. The van der Waals surface area contributed by atoms with Gasteiger partial charge in [-0.05, 0) is 62.1 Å². The van der Waals surface area contributed by atoms with E-state index in [1.807, 2.05) is 31.2 Å². The van der Waals surface area contributed by atoms with Crippen LogP contribution in [-0.4, -0.2) is 39.9 Å². The zero-order valence-electron chi connectivity index (χ0n) is 21.5. The van der Waals surface area contributed by atoms with E-state index >= 15 is 0 Å². The number of aromatic nitrogens is 2. The molecule has 36 heavy (non-hydrogen) atoms. The maximum absolute atomic E-state index is 12.6. The summed E-state index contributed by atoms with van der Waals surface area (Å²) in [5.41, 5.74) is 4.83. The number of imidazole rings is 1. The summed E-state index contributed by atoms with van der Waals surface area (Å²) in [6.45, 7) is 6.20. The van der Waals surface area contributed by atoms with Gasteiger partial charge in [-0.25, -0.2) is 9.78 Å². The number of rotatable bonds is 4. The molecule has 2 aromatic carbocycles. The summed E-state index contributed by atoms with van der Waals surface area (Å²) in [4.78, 5) is 31.5. The van der Waals surface area contributed by atoms with Crippen molar-refractivity contribution in [2.45, 2.75) is 71.4 Å². The highest BCUT2D eigenvalue weighted by molar-refractivity contribution is 5.95. The summed E-state index contributed by atoms with van der Waals surface area (Å²) in [5.74, 6) is -0.0593. The van der Waals surface area contributed by atoms with Crippen LogP contribution in [0.5, 0.6) is 0 Å². The van der Waals surface area contributed by atoms with Crippen LogP contribution in [0.3, 0.4) is 0 Å². The third-order valence-corrected chi connectivity index (χ3v) is 8.26. The SMILES string of the molecule is COC(=O)N1c2ccc3c(nc(Cc4ccccc4)n3[C@H]3CC[C@@H](C(=O)O)C(C)(C)C3)c2CC[C@@H]1C. The van der Waals surface area contributed by atoms with Gasteiger partial charge in [-0.3, -0.25) is 9.69 Å². The van der Waals surface area contributed by atoms with Gasteiger partial charge in [0.2, 0.25) is 0 Å². The van der Waals surface area contributed by atoms with E-state index in [1.165, 1.54) is 12.7 Å². The summed E-state index contributed by atoms with van der Waals surface area (Å²) in [6, 6.07) is 14.7. The molecule has 0 spiro atoms. The second kappa shape index (κ2) is 9.26. The quantitative estimate of drug-likeness (QED) is 0.487. The Morgan fingerprint density at radius 3 is 2.53 bits per heavy atom. The molecule has 0 saturated heterocycles. The third-order valence-electron chi connectivity index (χ3n) is 8.26. The molecule has 0 unspecified atom stereocenters. The highest BCUT2D eigenvalue weighted by Gasteiger charge is 2.42. The Kier molecular flexibility index (Phi) is 6.27. The molecule has 0 bridgehead atoms. The van der Waals surface area contributed by atoms with Crippen LogP contribution < -0.4 is 4.90 Å². The Morgan fingerprint density at radius 2 is 1.86 bits per heavy atom. The molecule has 1 N–H and O–H groups in total. The molecule has 2 aliphatic rings. The van der Waals surface area contributed by atoms with Crippen molar-refractivity contribution in [2.75, 3.05) is 12.0 Å². The Balaban J connectivity index is 1.64. The van der Waals surface area contributed by atoms with Crippen LogP contribution in [0, 0.1) is 11.3 Å². The summed E-state index contributed by atoms with van der Waals surface area (Å²) in [6.07, 6.45) is 4.27. The number of carboxylic acids is 1. The van der Waals surface area contributed by atoms with Crippen LogP contribution in [0.15, 0.2) is 42.5 Å². The molecule has 1 saturated carbocycles. The molecule has 1 aromatic heterocycles. The number of methoxy groups -OCH3 is 1. The minimum absolute atomic E-state index is 0.0559. The van der Waals surface area contributed by atoms with E-state index in [-0.39, 0.29) is 29.5 Å². The number of carboxylic acid groups (broad SMARTS) is 1. The predicted molar refractivity (Wildman–Crippen MR) is 139 cm³/mol. The van der Waals surface area contributed by atoms with Crippen LogP contribution in [0.2, 0.25) is 0 Å². The molecule has 3 atom stereocenters. The number of amides is 1. The topological polar surface area (TPSA) is 84.7 Å². The molecule has 190 valence electrons. The summed E-state index contributed by atoms with van der Waals surface area (Å²) in [5, 5.41) is 9.79. The summed E-state index contributed by atoms with van der Waals surface area (Å²) in [7, 11) is 1.42. The van der Waals surface area contributed by atoms with E-state index in [2.05, 4.69) is 36.6 Å². The Morgan fingerprint density at radius 1 is 1.11 bits per heavy atom. The molecule has 1 aliphatic carbocycles. The van der Waals surface area contributed by atoms with Crippen LogP contribution >= 0.6 is 0 Å². The number of fused-ring (bicyclic) bond motifs is 3. The summed E-state index contributed by atoms with van der Waals surface area (Å²) >= 11 is 0. The molecule has 1 amide bonds. The fourth-order valence-corrected chi connectivity index (χ4v) is 6.41. The van der Waals surface area contributed by atoms with E-state index in [9.17, 15) is 14.7 Å². The molecular formula is C29H35N3O4. The van der Waals surface area contributed by atoms with Crippen molar-refractivity contribution in [3.05, 3.63) is 59.4 Å². The number of carbonyl (C=O) groups is 2. The lowest BCUT2D eigenvalue weighted by atomic mass is 9.67. The van der Waals surface area contributed by atoms with Gasteiger partial charge in [0.25, 0.3) is 0 Å². The highest BCUT2D eigenvalue weighted by Crippen LogP contribution is 2.47. The van der Waals surface area contributed by atoms with E-state index < -0.39 is 5.97 Å². The normalized spacial score (nSPS) is 23.3. The average molecular weight is 490 g/mol. The fourth-order valence-electron chi connectivity index (χ4n) is 6.41. The number of aliphatic carboxylic acids is 1. The van der Waals surface area contributed by atoms with Gasteiger partial charge in [0.15, 0.2) is 0 Å². The number of hydrogen-bond acceptors (Lipinski definition) is 4. The fraction of sp³-hybridized carbons (Fsp3) is 0.483. The van der Waals surface area contributed by atoms with E-state index in [0.717, 1.165) is 53.8 Å². The largest absolute Gasteiger partial charge is 0.481 e. The molecule has 1 aliphatic heterocycles. The molecule has 5 rings (SSSR count). The number of hydrogen-bond donors (Lipinski definition) is 1. The smallest absolute Gasteiger partial charge is 0.414 e. The number of carbonyl (C=O) groups excluding carboxylic acids is 1. The standard InChI is InChI=1S/C29H35N3O4/c1-18-10-12-21-23(31(18)28(35)36-4)14-15-24-26(21)30-25(16-19-8-6-5-7-9-19)32(24)20-11-13-22(27(33)34)29(2,3)17-20/h5-9,14-15,18,20,22H,10-13,16-17H2,1-4H3,(H,33,34)/t18-,20-,22-/m0/s1. The van der Waals surface area contributed by atoms with Gasteiger partial charge in [0, 0.05) is 24.1 Å². The molecule has 7 nitrogen and oxygen atoms in total. The first-order valence-electron chi connectivity index (χ1n) is 12.9. The summed E-state index contributed by atoms with van der Waals surface area (Å²) < 4.78 is 7.46. The Labute approximate surface area is 212 Å². The molecular weight excluding hydrogens is 454 g/mol. The van der Waals surface area contributed by atoms with Crippen LogP contribution in [0.4, 0.5) is 10.5 Å². The lowest BCUT2D eigenvalue weighted by molar-refractivity contribution is -0.148. The molecule has 7 heteroatoms. The predicted octanol–water partition coefficient (Wildman–Crippen LogP) is 5.99. The van der Waals surface area contributed by atoms with Crippen LogP contribution in [0.25, 0.3) is 11.0 Å². The first-order chi connectivity index (χ1) is 17.2. The number of nitrogens with zero attached hydrogens (tertiary/aromatic N) is 3. The van der Waals surface area contributed by atoms with Gasteiger partial charge in [0.1, 0.15) is 5.82 Å². The highest BCUT2D eigenvalue weighted by atomic mass is 16.5. The maximum Gasteiger partial charge on any atom is 0.414 e. The monoisotopic (exact) mass is 489 g/mol. The maximum atomic E-state index is 12.6. The lowest BCUT2D eigenvalue weighted by Gasteiger charge is -2.41. The molecule has 2 heterocycles. The minimum atomic E-state index is -0.704. The Hall–Kier alpha value is -3.35. The first-order valence-corrected chi connectivity index (χ1v) is 12.9. The van der Waals surface area contributed by atoms with Crippen molar-refractivity contribution >= 4 is 28.8 Å². The van der Waals surface area contributed by atoms with Crippen molar-refractivity contribution in [1.82, 2.24) is 9.55 Å². The van der Waals surface area contributed by atoms with Gasteiger partial charge < -0.3 is 14.4 Å². The average Bonchev–Trinajstić information content (AvgIpc) is 3.21. The molecule has 3 aromatic rings. The lowest BCUT2D eigenvalue weighted by Crippen LogP contribution is -2.42. The van der Waals surface area contributed by atoms with Gasteiger partial charge in [-0.15, -0.1) is 0 Å². The minimum Gasteiger partial charge on any atom is -0.481 e. The zero-order chi connectivity index (χ0) is 25.6. The third kappa shape index (κ3) is 4.14. The van der Waals surface area contributed by atoms with Crippen LogP contribution in [0.1, 0.15) is 69.4 Å². The molecule has 0 radical (unpaired) electrons. The van der Waals surface area contributed by atoms with E-state index in [0.29, 0.717) is 12.8 Å². The van der Waals surface area contributed by atoms with Gasteiger partial charge in [0.05, 0.1) is 29.7 Å².